The zero-order valence-electron chi connectivity index (χ0n) is 13.4. The van der Waals surface area contributed by atoms with Gasteiger partial charge in [0, 0.05) is 28.6 Å². The Labute approximate surface area is 172 Å². The molecule has 0 saturated heterocycles. The van der Waals surface area contributed by atoms with Crippen molar-refractivity contribution in [1.82, 2.24) is 4.98 Å². The van der Waals surface area contributed by atoms with Crippen LogP contribution in [0.5, 0.6) is 0 Å². The van der Waals surface area contributed by atoms with Crippen molar-refractivity contribution in [2.45, 2.75) is 6.42 Å². The highest BCUT2D eigenvalue weighted by Gasteiger charge is 2.21. The summed E-state index contributed by atoms with van der Waals surface area (Å²) in [6, 6.07) is 9.19. The minimum absolute atomic E-state index is 0.0981. The summed E-state index contributed by atoms with van der Waals surface area (Å²) in [5.41, 5.74) is 0.362. The number of aromatic nitrogens is 1. The molecule has 0 bridgehead atoms. The second-order valence-electron chi connectivity index (χ2n) is 5.39. The van der Waals surface area contributed by atoms with Crippen molar-refractivity contribution in [2.24, 2.45) is 0 Å². The molecular formula is C17H10Cl3N3O3S. The minimum atomic E-state index is -0.658. The molecule has 1 N–H and O–H groups in total. The summed E-state index contributed by atoms with van der Waals surface area (Å²) in [6.07, 6.45) is 2.10. The Balaban J connectivity index is 1.77. The van der Waals surface area contributed by atoms with Gasteiger partial charge in [-0.25, -0.2) is 4.98 Å². The number of anilines is 1. The first-order chi connectivity index (χ1) is 12.8. The van der Waals surface area contributed by atoms with E-state index in [1.165, 1.54) is 23.5 Å². The third-order valence-electron chi connectivity index (χ3n) is 3.57. The van der Waals surface area contributed by atoms with Gasteiger partial charge in [-0.15, -0.1) is 11.3 Å². The van der Waals surface area contributed by atoms with Crippen LogP contribution in [0.3, 0.4) is 0 Å². The highest BCUT2D eigenvalue weighted by Crippen LogP contribution is 2.30. The molecule has 138 valence electrons. The fraction of sp³-hybridized carbons (Fsp3) is 0.0588. The van der Waals surface area contributed by atoms with Crippen LogP contribution in [0.1, 0.15) is 20.8 Å². The van der Waals surface area contributed by atoms with Gasteiger partial charge in [0.25, 0.3) is 11.6 Å². The highest BCUT2D eigenvalue weighted by atomic mass is 35.5. The Kier molecular flexibility index (Phi) is 5.96. The number of rotatable bonds is 5. The van der Waals surface area contributed by atoms with Crippen molar-refractivity contribution < 1.29 is 9.72 Å². The Morgan fingerprint density at radius 1 is 1.22 bits per heavy atom. The topological polar surface area (TPSA) is 85.1 Å². The molecule has 0 fully saturated rings. The van der Waals surface area contributed by atoms with E-state index in [2.05, 4.69) is 10.3 Å². The fourth-order valence-electron chi connectivity index (χ4n) is 2.33. The first kappa shape index (κ1) is 19.6. The predicted molar refractivity (Wildman–Crippen MR) is 107 cm³/mol. The van der Waals surface area contributed by atoms with E-state index in [0.29, 0.717) is 21.6 Å². The van der Waals surface area contributed by atoms with Crippen LogP contribution in [0.2, 0.25) is 15.1 Å². The van der Waals surface area contributed by atoms with Crippen LogP contribution in [0, 0.1) is 10.1 Å². The van der Waals surface area contributed by atoms with Crippen molar-refractivity contribution in [3.63, 3.8) is 0 Å². The predicted octanol–water partition coefficient (Wildman–Crippen LogP) is 5.85. The van der Waals surface area contributed by atoms with E-state index in [4.69, 9.17) is 34.8 Å². The molecule has 0 atom stereocenters. The number of carbonyl (C=O) groups excluding carboxylic acids is 1. The Bertz CT molecular complexity index is 1040. The van der Waals surface area contributed by atoms with E-state index < -0.39 is 10.8 Å². The molecule has 27 heavy (non-hydrogen) atoms. The van der Waals surface area contributed by atoms with Crippen LogP contribution in [0.25, 0.3) is 0 Å². The quantitative estimate of drug-likeness (QED) is 0.396. The molecule has 6 nitrogen and oxygen atoms in total. The average molecular weight is 443 g/mol. The maximum Gasteiger partial charge on any atom is 0.283 e. The first-order valence-corrected chi connectivity index (χ1v) is 9.43. The van der Waals surface area contributed by atoms with Crippen LogP contribution in [-0.4, -0.2) is 15.8 Å². The molecular weight excluding hydrogens is 433 g/mol. The molecule has 1 heterocycles. The second-order valence-corrected chi connectivity index (χ2v) is 7.73. The van der Waals surface area contributed by atoms with E-state index in [1.807, 2.05) is 6.07 Å². The van der Waals surface area contributed by atoms with Crippen molar-refractivity contribution >= 4 is 62.9 Å². The molecule has 10 heteroatoms. The van der Waals surface area contributed by atoms with Crippen molar-refractivity contribution in [3.8, 4) is 0 Å². The van der Waals surface area contributed by atoms with Gasteiger partial charge in [0.15, 0.2) is 5.13 Å². The molecule has 0 aliphatic heterocycles. The molecule has 3 aromatic rings. The number of nitrogens with zero attached hydrogens (tertiary/aromatic N) is 2. The highest BCUT2D eigenvalue weighted by molar-refractivity contribution is 7.15. The third kappa shape index (κ3) is 4.56. The largest absolute Gasteiger partial charge is 0.298 e. The number of amides is 1. The standard InChI is InChI=1S/C17H10Cl3N3O3S/c18-10-4-5-12(14(7-10)23(25)26)16(24)22-17-21-8-11(27-17)6-9-2-1-3-13(19)15(9)20/h1-5,7-8H,6H2,(H,21,22,24). The molecule has 1 amide bonds. The molecule has 0 aliphatic rings. The molecule has 0 spiro atoms. The SMILES string of the molecule is O=C(Nc1ncc(Cc2cccc(Cl)c2Cl)s1)c1ccc(Cl)cc1[N+](=O)[O-]. The summed E-state index contributed by atoms with van der Waals surface area (Å²) in [5.74, 6) is -0.639. The van der Waals surface area contributed by atoms with Gasteiger partial charge < -0.3 is 0 Å². The summed E-state index contributed by atoms with van der Waals surface area (Å²) >= 11 is 19.2. The molecule has 0 saturated carbocycles. The fourth-order valence-corrected chi connectivity index (χ4v) is 3.72. The summed E-state index contributed by atoms with van der Waals surface area (Å²) in [4.78, 5) is 27.8. The van der Waals surface area contributed by atoms with E-state index in [1.54, 1.807) is 18.3 Å². The monoisotopic (exact) mass is 441 g/mol. The Morgan fingerprint density at radius 2 is 2.00 bits per heavy atom. The lowest BCUT2D eigenvalue weighted by atomic mass is 10.1. The first-order valence-electron chi connectivity index (χ1n) is 7.48. The van der Waals surface area contributed by atoms with Crippen LogP contribution >= 0.6 is 46.1 Å². The van der Waals surface area contributed by atoms with Crippen LogP contribution in [0.15, 0.2) is 42.6 Å². The number of benzene rings is 2. The molecule has 0 unspecified atom stereocenters. The lowest BCUT2D eigenvalue weighted by Crippen LogP contribution is -2.13. The number of carbonyl (C=O) groups is 1. The Morgan fingerprint density at radius 3 is 2.74 bits per heavy atom. The van der Waals surface area contributed by atoms with Gasteiger partial charge in [-0.3, -0.25) is 20.2 Å². The number of thiazole rings is 1. The minimum Gasteiger partial charge on any atom is -0.298 e. The number of halogens is 3. The summed E-state index contributed by atoms with van der Waals surface area (Å²) in [7, 11) is 0. The van der Waals surface area contributed by atoms with Crippen molar-refractivity contribution in [2.75, 3.05) is 5.32 Å². The van der Waals surface area contributed by atoms with Gasteiger partial charge in [-0.2, -0.15) is 0 Å². The zero-order chi connectivity index (χ0) is 19.6. The molecule has 2 aromatic carbocycles. The average Bonchev–Trinajstić information content (AvgIpc) is 3.05. The number of nitrogens with one attached hydrogen (secondary N) is 1. The second kappa shape index (κ2) is 8.22. The smallest absolute Gasteiger partial charge is 0.283 e. The van der Waals surface area contributed by atoms with E-state index >= 15 is 0 Å². The molecule has 0 radical (unpaired) electrons. The number of nitro groups is 1. The van der Waals surface area contributed by atoms with E-state index in [9.17, 15) is 14.9 Å². The maximum absolute atomic E-state index is 12.4. The Hall–Kier alpha value is -2.19. The lowest BCUT2D eigenvalue weighted by Gasteiger charge is -2.04. The summed E-state index contributed by atoms with van der Waals surface area (Å²) in [5, 5.41) is 15.1. The molecule has 1 aromatic heterocycles. The zero-order valence-corrected chi connectivity index (χ0v) is 16.5. The van der Waals surface area contributed by atoms with Crippen LogP contribution in [0.4, 0.5) is 10.8 Å². The van der Waals surface area contributed by atoms with E-state index in [-0.39, 0.29) is 16.3 Å². The number of hydrogen-bond donors (Lipinski definition) is 1. The van der Waals surface area contributed by atoms with E-state index in [0.717, 1.165) is 16.5 Å². The number of hydrogen-bond acceptors (Lipinski definition) is 5. The summed E-state index contributed by atoms with van der Waals surface area (Å²) in [6.45, 7) is 0. The van der Waals surface area contributed by atoms with Gasteiger partial charge in [0.1, 0.15) is 5.56 Å². The third-order valence-corrected chi connectivity index (χ3v) is 5.58. The normalized spacial score (nSPS) is 10.6. The molecule has 0 aliphatic carbocycles. The van der Waals surface area contributed by atoms with Crippen LogP contribution in [-0.2, 0) is 6.42 Å². The van der Waals surface area contributed by atoms with Gasteiger partial charge in [-0.05, 0) is 23.8 Å². The van der Waals surface area contributed by atoms with Crippen molar-refractivity contribution in [3.05, 3.63) is 83.8 Å². The van der Waals surface area contributed by atoms with Crippen molar-refractivity contribution in [1.29, 1.82) is 0 Å². The van der Waals surface area contributed by atoms with Gasteiger partial charge in [-0.1, -0.05) is 46.9 Å². The lowest BCUT2D eigenvalue weighted by molar-refractivity contribution is -0.385. The van der Waals surface area contributed by atoms with Gasteiger partial charge in [0.2, 0.25) is 0 Å². The van der Waals surface area contributed by atoms with Gasteiger partial charge >= 0.3 is 0 Å². The number of nitro benzene ring substituents is 1. The summed E-state index contributed by atoms with van der Waals surface area (Å²) < 4.78 is 0. The van der Waals surface area contributed by atoms with Crippen LogP contribution < -0.4 is 5.32 Å². The van der Waals surface area contributed by atoms with Gasteiger partial charge in [0.05, 0.1) is 15.0 Å². The molecule has 3 rings (SSSR count). The maximum atomic E-state index is 12.4.